The predicted molar refractivity (Wildman–Crippen MR) is 85.2 cm³/mol. The van der Waals surface area contributed by atoms with Crippen LogP contribution < -0.4 is 5.32 Å². The number of hydrogen-bond donors (Lipinski definition) is 1. The van der Waals surface area contributed by atoms with E-state index in [1.165, 1.54) is 43.7 Å². The number of piperazine rings is 1. The van der Waals surface area contributed by atoms with Crippen molar-refractivity contribution in [1.29, 1.82) is 0 Å². The molecule has 3 rings (SSSR count). The third-order valence-corrected chi connectivity index (χ3v) is 6.13. The van der Waals surface area contributed by atoms with Gasteiger partial charge in [-0.05, 0) is 32.6 Å². The van der Waals surface area contributed by atoms with Crippen LogP contribution in [0.5, 0.6) is 0 Å². The number of nitrogens with zero attached hydrogens (tertiary/aromatic N) is 2. The second kappa shape index (κ2) is 6.54. The first-order valence-corrected chi connectivity index (χ1v) is 9.01. The lowest BCUT2D eigenvalue weighted by atomic mass is 9.83. The van der Waals surface area contributed by atoms with Crippen LogP contribution in [0.4, 0.5) is 0 Å². The molecule has 3 nitrogen and oxygen atoms in total. The van der Waals surface area contributed by atoms with Gasteiger partial charge < -0.3 is 5.32 Å². The maximum Gasteiger partial charge on any atom is 0.110 e. The van der Waals surface area contributed by atoms with Crippen molar-refractivity contribution in [1.82, 2.24) is 15.2 Å². The van der Waals surface area contributed by atoms with Gasteiger partial charge in [-0.15, -0.1) is 11.3 Å². The number of aryl methyl sites for hydroxylation is 1. The summed E-state index contributed by atoms with van der Waals surface area (Å²) in [7, 11) is 0. The highest BCUT2D eigenvalue weighted by Gasteiger charge is 2.30. The van der Waals surface area contributed by atoms with Crippen LogP contribution in [0, 0.1) is 12.8 Å². The van der Waals surface area contributed by atoms with E-state index in [0.717, 1.165) is 24.7 Å². The highest BCUT2D eigenvalue weighted by Crippen LogP contribution is 2.30. The first-order chi connectivity index (χ1) is 9.74. The van der Waals surface area contributed by atoms with E-state index in [0.29, 0.717) is 12.1 Å². The summed E-state index contributed by atoms with van der Waals surface area (Å²) >= 11 is 1.81. The monoisotopic (exact) mass is 293 g/mol. The Morgan fingerprint density at radius 1 is 1.35 bits per heavy atom. The molecule has 2 aliphatic rings. The maximum absolute atomic E-state index is 4.68. The first-order valence-electron chi connectivity index (χ1n) is 8.13. The summed E-state index contributed by atoms with van der Waals surface area (Å²) in [6, 6.07) is 1.18. The highest BCUT2D eigenvalue weighted by molar-refractivity contribution is 7.09. The van der Waals surface area contributed by atoms with Crippen molar-refractivity contribution in [3.63, 3.8) is 0 Å². The van der Waals surface area contributed by atoms with Gasteiger partial charge in [-0.25, -0.2) is 4.98 Å². The molecule has 1 saturated carbocycles. The molecular weight excluding hydrogens is 266 g/mol. The topological polar surface area (TPSA) is 28.2 Å². The normalized spacial score (nSPS) is 27.6. The Kier molecular flexibility index (Phi) is 4.74. The van der Waals surface area contributed by atoms with E-state index >= 15 is 0 Å². The third kappa shape index (κ3) is 3.23. The molecule has 1 N–H and O–H groups in total. The number of aromatic nitrogens is 1. The Morgan fingerprint density at radius 3 is 2.85 bits per heavy atom. The SMILES string of the molecule is Cc1csc(C(C)N2CCNC(C3CCCCC3)C2)n1. The molecule has 4 heteroatoms. The van der Waals surface area contributed by atoms with Crippen LogP contribution in [0.3, 0.4) is 0 Å². The Morgan fingerprint density at radius 2 is 2.15 bits per heavy atom. The standard InChI is InChI=1S/C16H27N3S/c1-12-11-20-16(18-12)13(2)19-9-8-17-15(10-19)14-6-4-3-5-7-14/h11,13-15,17H,3-10H2,1-2H3. The van der Waals surface area contributed by atoms with Gasteiger partial charge >= 0.3 is 0 Å². The molecule has 20 heavy (non-hydrogen) atoms. The Bertz CT molecular complexity index is 425. The molecule has 0 amide bonds. The van der Waals surface area contributed by atoms with Gasteiger partial charge in [0.2, 0.25) is 0 Å². The van der Waals surface area contributed by atoms with E-state index in [1.54, 1.807) is 0 Å². The summed E-state index contributed by atoms with van der Waals surface area (Å²) in [6.45, 7) is 7.90. The lowest BCUT2D eigenvalue weighted by molar-refractivity contribution is 0.114. The van der Waals surface area contributed by atoms with E-state index < -0.39 is 0 Å². The second-order valence-corrected chi connectivity index (χ2v) is 7.35. The molecular formula is C16H27N3S. The van der Waals surface area contributed by atoms with E-state index in [1.807, 2.05) is 11.3 Å². The average molecular weight is 293 g/mol. The van der Waals surface area contributed by atoms with Crippen LogP contribution in [-0.4, -0.2) is 35.6 Å². The molecule has 1 aromatic rings. The minimum Gasteiger partial charge on any atom is -0.311 e. The van der Waals surface area contributed by atoms with Crippen molar-refractivity contribution in [2.45, 2.75) is 58.0 Å². The van der Waals surface area contributed by atoms with Crippen molar-refractivity contribution in [2.24, 2.45) is 5.92 Å². The molecule has 0 radical (unpaired) electrons. The zero-order valence-electron chi connectivity index (χ0n) is 12.8. The zero-order valence-corrected chi connectivity index (χ0v) is 13.6. The smallest absolute Gasteiger partial charge is 0.110 e. The zero-order chi connectivity index (χ0) is 13.9. The van der Waals surface area contributed by atoms with Gasteiger partial charge in [0.15, 0.2) is 0 Å². The molecule has 1 aromatic heterocycles. The van der Waals surface area contributed by atoms with Gasteiger partial charge in [-0.2, -0.15) is 0 Å². The van der Waals surface area contributed by atoms with Crippen molar-refractivity contribution in [3.05, 3.63) is 16.1 Å². The van der Waals surface area contributed by atoms with E-state index in [-0.39, 0.29) is 0 Å². The second-order valence-electron chi connectivity index (χ2n) is 6.46. The molecule has 1 saturated heterocycles. The van der Waals surface area contributed by atoms with E-state index in [4.69, 9.17) is 0 Å². The van der Waals surface area contributed by atoms with Crippen molar-refractivity contribution in [2.75, 3.05) is 19.6 Å². The van der Waals surface area contributed by atoms with Crippen molar-refractivity contribution < 1.29 is 0 Å². The summed E-state index contributed by atoms with van der Waals surface area (Å²) in [6.07, 6.45) is 7.17. The number of nitrogens with one attached hydrogen (secondary N) is 1. The first kappa shape index (κ1) is 14.5. The molecule has 2 atom stereocenters. The molecule has 1 aliphatic carbocycles. The summed E-state index contributed by atoms with van der Waals surface area (Å²) in [5, 5.41) is 7.23. The Balaban J connectivity index is 1.62. The van der Waals surface area contributed by atoms with Gasteiger partial charge in [-0.3, -0.25) is 4.90 Å². The van der Waals surface area contributed by atoms with E-state index in [9.17, 15) is 0 Å². The van der Waals surface area contributed by atoms with Crippen molar-refractivity contribution in [3.8, 4) is 0 Å². The molecule has 112 valence electrons. The molecule has 0 bridgehead atoms. The predicted octanol–water partition coefficient (Wildman–Crippen LogP) is 3.37. The summed E-state index contributed by atoms with van der Waals surface area (Å²) in [5.74, 6) is 0.900. The molecule has 1 aliphatic heterocycles. The van der Waals surface area contributed by atoms with Crippen molar-refractivity contribution >= 4 is 11.3 Å². The fraction of sp³-hybridized carbons (Fsp3) is 0.812. The minimum atomic E-state index is 0.474. The Hall–Kier alpha value is -0.450. The molecule has 2 fully saturated rings. The van der Waals surface area contributed by atoms with Crippen LogP contribution >= 0.6 is 11.3 Å². The van der Waals surface area contributed by atoms with Crippen LogP contribution in [0.25, 0.3) is 0 Å². The number of hydrogen-bond acceptors (Lipinski definition) is 4. The van der Waals surface area contributed by atoms with Gasteiger partial charge in [0.05, 0.1) is 6.04 Å². The summed E-state index contributed by atoms with van der Waals surface area (Å²) in [4.78, 5) is 7.31. The molecule has 0 aromatic carbocycles. The van der Waals surface area contributed by atoms with Crippen LogP contribution in [0.2, 0.25) is 0 Å². The summed E-state index contributed by atoms with van der Waals surface area (Å²) < 4.78 is 0. The lowest BCUT2D eigenvalue weighted by Gasteiger charge is -2.41. The molecule has 2 unspecified atom stereocenters. The fourth-order valence-corrected chi connectivity index (χ4v) is 4.61. The average Bonchev–Trinajstić information content (AvgIpc) is 2.94. The quantitative estimate of drug-likeness (QED) is 0.926. The van der Waals surface area contributed by atoms with Crippen LogP contribution in [0.15, 0.2) is 5.38 Å². The summed E-state index contributed by atoms with van der Waals surface area (Å²) in [5.41, 5.74) is 1.16. The molecule has 2 heterocycles. The minimum absolute atomic E-state index is 0.474. The lowest BCUT2D eigenvalue weighted by Crippen LogP contribution is -2.54. The fourth-order valence-electron chi connectivity index (χ4n) is 3.73. The Labute approximate surface area is 126 Å². The van der Waals surface area contributed by atoms with E-state index in [2.05, 4.69) is 34.4 Å². The van der Waals surface area contributed by atoms with Gasteiger partial charge in [0.1, 0.15) is 5.01 Å². The van der Waals surface area contributed by atoms with Crippen LogP contribution in [-0.2, 0) is 0 Å². The third-order valence-electron chi connectivity index (χ3n) is 5.00. The maximum atomic E-state index is 4.68. The molecule has 0 spiro atoms. The number of thiazole rings is 1. The largest absolute Gasteiger partial charge is 0.311 e. The van der Waals surface area contributed by atoms with Gasteiger partial charge in [0, 0.05) is 36.8 Å². The number of rotatable bonds is 3. The van der Waals surface area contributed by atoms with Gasteiger partial charge in [-0.1, -0.05) is 19.3 Å². The van der Waals surface area contributed by atoms with Crippen LogP contribution in [0.1, 0.15) is 55.8 Å². The van der Waals surface area contributed by atoms with Gasteiger partial charge in [0.25, 0.3) is 0 Å². The highest BCUT2D eigenvalue weighted by atomic mass is 32.1.